The average molecular weight is 400 g/mol. The molecule has 0 spiro atoms. The minimum absolute atomic E-state index is 0.914. The molecule has 0 aliphatic carbocycles. The Morgan fingerprint density at radius 2 is 1.67 bits per heavy atom. The van der Waals surface area contributed by atoms with E-state index in [0.29, 0.717) is 0 Å². The number of benzene rings is 1. The fourth-order valence-electron chi connectivity index (χ4n) is 1.41. The van der Waals surface area contributed by atoms with E-state index in [-0.39, 0.29) is 0 Å². The summed E-state index contributed by atoms with van der Waals surface area (Å²) >= 11 is 10.5. The van der Waals surface area contributed by atoms with Gasteiger partial charge in [0.2, 0.25) is 0 Å². The number of rotatable bonds is 6. The highest BCUT2D eigenvalue weighted by Crippen LogP contribution is 2.18. The monoisotopic (exact) mass is 397 g/mol. The summed E-state index contributed by atoms with van der Waals surface area (Å²) in [4.78, 5) is 2.37. The third-order valence-electron chi connectivity index (χ3n) is 2.14. The molecule has 0 aliphatic heterocycles. The van der Waals surface area contributed by atoms with Crippen LogP contribution in [-0.2, 0) is 5.33 Å². The summed E-state index contributed by atoms with van der Waals surface area (Å²) in [5.74, 6) is 0. The first-order valence-electron chi connectivity index (χ1n) is 4.83. The highest BCUT2D eigenvalue weighted by molar-refractivity contribution is 9.09. The standard InChI is InChI=1S/C11H14Br3N/c12-4-6-15(7-5-13)11-3-1-2-10(8-11)9-14/h1-3,8H,4-7,9H2. The Bertz CT molecular complexity index is 285. The second-order valence-corrected chi connectivity index (χ2v) is 5.32. The van der Waals surface area contributed by atoms with Gasteiger partial charge in [-0.2, -0.15) is 0 Å². The van der Waals surface area contributed by atoms with Crippen LogP contribution in [0.3, 0.4) is 0 Å². The number of hydrogen-bond acceptors (Lipinski definition) is 1. The molecule has 1 nitrogen and oxygen atoms in total. The Hall–Kier alpha value is 0.460. The van der Waals surface area contributed by atoms with Gasteiger partial charge in [-0.1, -0.05) is 59.9 Å². The Labute approximate surface area is 117 Å². The number of halogens is 3. The summed E-state index contributed by atoms with van der Waals surface area (Å²) in [6.45, 7) is 2.08. The molecule has 0 atom stereocenters. The zero-order valence-electron chi connectivity index (χ0n) is 8.43. The first-order valence-corrected chi connectivity index (χ1v) is 8.20. The van der Waals surface area contributed by atoms with Crippen molar-refractivity contribution in [3.05, 3.63) is 29.8 Å². The quantitative estimate of drug-likeness (QED) is 0.649. The molecule has 0 heterocycles. The maximum Gasteiger partial charge on any atom is 0.0369 e. The molecule has 4 heteroatoms. The summed E-state index contributed by atoms with van der Waals surface area (Å²) in [5, 5.41) is 2.91. The van der Waals surface area contributed by atoms with E-state index in [9.17, 15) is 0 Å². The van der Waals surface area contributed by atoms with E-state index in [1.54, 1.807) is 0 Å². The van der Waals surface area contributed by atoms with Crippen LogP contribution in [0.4, 0.5) is 5.69 Å². The van der Waals surface area contributed by atoms with E-state index in [1.807, 2.05) is 0 Å². The smallest absolute Gasteiger partial charge is 0.0369 e. The van der Waals surface area contributed by atoms with Crippen LogP contribution in [0.1, 0.15) is 5.56 Å². The maximum absolute atomic E-state index is 3.49. The van der Waals surface area contributed by atoms with E-state index in [0.717, 1.165) is 29.1 Å². The Kier molecular flexibility index (Phi) is 6.93. The van der Waals surface area contributed by atoms with Crippen LogP contribution in [0.2, 0.25) is 0 Å². The van der Waals surface area contributed by atoms with Gasteiger partial charge in [-0.15, -0.1) is 0 Å². The van der Waals surface area contributed by atoms with Crippen molar-refractivity contribution >= 4 is 53.5 Å². The molecule has 1 rings (SSSR count). The topological polar surface area (TPSA) is 3.24 Å². The highest BCUT2D eigenvalue weighted by Gasteiger charge is 2.04. The number of nitrogens with zero attached hydrogens (tertiary/aromatic N) is 1. The van der Waals surface area contributed by atoms with Gasteiger partial charge in [-0.3, -0.25) is 0 Å². The van der Waals surface area contributed by atoms with Crippen molar-refractivity contribution in [2.75, 3.05) is 28.6 Å². The molecule has 1 aromatic carbocycles. The largest absolute Gasteiger partial charge is 0.370 e. The molecule has 0 aromatic heterocycles. The van der Waals surface area contributed by atoms with E-state index in [1.165, 1.54) is 11.3 Å². The van der Waals surface area contributed by atoms with Crippen molar-refractivity contribution in [3.8, 4) is 0 Å². The SMILES string of the molecule is BrCCN(CCBr)c1cccc(CBr)c1. The van der Waals surface area contributed by atoms with Gasteiger partial charge in [0.05, 0.1) is 0 Å². The molecule has 0 fully saturated rings. The number of alkyl halides is 3. The molecular formula is C11H14Br3N. The summed E-state index contributed by atoms with van der Waals surface area (Å²) in [7, 11) is 0. The van der Waals surface area contributed by atoms with E-state index in [4.69, 9.17) is 0 Å². The van der Waals surface area contributed by atoms with Crippen LogP contribution in [0.15, 0.2) is 24.3 Å². The Morgan fingerprint density at radius 3 is 2.20 bits per heavy atom. The van der Waals surface area contributed by atoms with Gasteiger partial charge in [0, 0.05) is 34.8 Å². The lowest BCUT2D eigenvalue weighted by Crippen LogP contribution is -2.27. The second-order valence-electron chi connectivity index (χ2n) is 3.17. The van der Waals surface area contributed by atoms with Crippen molar-refractivity contribution in [1.82, 2.24) is 0 Å². The van der Waals surface area contributed by atoms with Gasteiger partial charge in [-0.25, -0.2) is 0 Å². The maximum atomic E-state index is 3.49. The Balaban J connectivity index is 2.79. The molecule has 0 saturated heterocycles. The molecule has 0 bridgehead atoms. The highest BCUT2D eigenvalue weighted by atomic mass is 79.9. The van der Waals surface area contributed by atoms with Crippen molar-refractivity contribution < 1.29 is 0 Å². The van der Waals surface area contributed by atoms with Gasteiger partial charge < -0.3 is 4.90 Å². The fraction of sp³-hybridized carbons (Fsp3) is 0.455. The lowest BCUT2D eigenvalue weighted by Gasteiger charge is -2.23. The third-order valence-corrected chi connectivity index (χ3v) is 3.50. The summed E-state index contributed by atoms with van der Waals surface area (Å²) in [5.41, 5.74) is 2.62. The second kappa shape index (κ2) is 7.69. The van der Waals surface area contributed by atoms with Crippen molar-refractivity contribution in [1.29, 1.82) is 0 Å². The Morgan fingerprint density at radius 1 is 1.00 bits per heavy atom. The van der Waals surface area contributed by atoms with Crippen molar-refractivity contribution in [3.63, 3.8) is 0 Å². The van der Waals surface area contributed by atoms with Gasteiger partial charge >= 0.3 is 0 Å². The normalized spacial score (nSPS) is 10.3. The van der Waals surface area contributed by atoms with Crippen molar-refractivity contribution in [2.45, 2.75) is 5.33 Å². The fourth-order valence-corrected chi connectivity index (χ4v) is 2.62. The van der Waals surface area contributed by atoms with Crippen LogP contribution >= 0.6 is 47.8 Å². The van der Waals surface area contributed by atoms with Crippen LogP contribution in [0.25, 0.3) is 0 Å². The minimum atomic E-state index is 0.914. The molecule has 0 radical (unpaired) electrons. The molecule has 0 saturated carbocycles. The molecule has 0 N–H and O–H groups in total. The first-order chi connectivity index (χ1) is 7.31. The summed E-state index contributed by atoms with van der Waals surface area (Å²) in [6.07, 6.45) is 0. The summed E-state index contributed by atoms with van der Waals surface area (Å²) in [6, 6.07) is 8.65. The predicted molar refractivity (Wildman–Crippen MR) is 78.9 cm³/mol. The molecule has 0 aliphatic rings. The van der Waals surface area contributed by atoms with Gasteiger partial charge in [0.1, 0.15) is 0 Å². The van der Waals surface area contributed by atoms with Crippen molar-refractivity contribution in [2.24, 2.45) is 0 Å². The zero-order chi connectivity index (χ0) is 11.1. The average Bonchev–Trinajstić information content (AvgIpc) is 2.29. The first kappa shape index (κ1) is 13.5. The number of hydrogen-bond donors (Lipinski definition) is 0. The zero-order valence-corrected chi connectivity index (χ0v) is 13.2. The van der Waals surface area contributed by atoms with Gasteiger partial charge in [-0.05, 0) is 17.7 Å². The molecular weight excluding hydrogens is 386 g/mol. The third kappa shape index (κ3) is 4.45. The van der Waals surface area contributed by atoms with E-state index in [2.05, 4.69) is 77.0 Å². The van der Waals surface area contributed by atoms with Gasteiger partial charge in [0.25, 0.3) is 0 Å². The lowest BCUT2D eigenvalue weighted by atomic mass is 10.2. The van der Waals surface area contributed by atoms with E-state index < -0.39 is 0 Å². The van der Waals surface area contributed by atoms with Gasteiger partial charge in [0.15, 0.2) is 0 Å². The van der Waals surface area contributed by atoms with Crippen LogP contribution in [0.5, 0.6) is 0 Å². The molecule has 15 heavy (non-hydrogen) atoms. The molecule has 0 unspecified atom stereocenters. The van der Waals surface area contributed by atoms with Crippen LogP contribution in [-0.4, -0.2) is 23.7 Å². The molecule has 0 amide bonds. The number of anilines is 1. The lowest BCUT2D eigenvalue weighted by molar-refractivity contribution is 0.884. The van der Waals surface area contributed by atoms with Crippen LogP contribution in [0, 0.1) is 0 Å². The van der Waals surface area contributed by atoms with E-state index >= 15 is 0 Å². The minimum Gasteiger partial charge on any atom is -0.370 e. The molecule has 1 aromatic rings. The summed E-state index contributed by atoms with van der Waals surface area (Å²) < 4.78 is 0. The predicted octanol–water partition coefficient (Wildman–Crippen LogP) is 4.18. The van der Waals surface area contributed by atoms with Crippen LogP contribution < -0.4 is 4.90 Å². The molecule has 84 valence electrons.